The predicted molar refractivity (Wildman–Crippen MR) is 118 cm³/mol. The van der Waals surface area contributed by atoms with E-state index in [1.54, 1.807) is 4.90 Å². The Labute approximate surface area is 188 Å². The van der Waals surface area contributed by atoms with Crippen molar-refractivity contribution in [1.29, 1.82) is 0 Å². The zero-order valence-corrected chi connectivity index (χ0v) is 19.6. The maximum atomic E-state index is 12.8. The summed E-state index contributed by atoms with van der Waals surface area (Å²) in [5.74, 6) is 0.0487. The summed E-state index contributed by atoms with van der Waals surface area (Å²) < 4.78 is 27.5. The zero-order chi connectivity index (χ0) is 22.5. The van der Waals surface area contributed by atoms with Crippen molar-refractivity contribution in [1.82, 2.24) is 14.5 Å². The number of aliphatic hydroxyl groups excluding tert-OH is 1. The van der Waals surface area contributed by atoms with Gasteiger partial charge in [0.05, 0.1) is 11.6 Å². The Balaban J connectivity index is 1.97. The molecule has 1 aliphatic heterocycles. The first-order valence-electron chi connectivity index (χ1n) is 9.88. The molecule has 0 radical (unpaired) electrons. The molecule has 1 aromatic carbocycles. The lowest BCUT2D eigenvalue weighted by Crippen LogP contribution is -2.57. The Morgan fingerprint density at radius 2 is 1.87 bits per heavy atom. The van der Waals surface area contributed by atoms with Gasteiger partial charge in [0, 0.05) is 43.8 Å². The number of benzene rings is 1. The van der Waals surface area contributed by atoms with Crippen molar-refractivity contribution < 1.29 is 18.3 Å². The van der Waals surface area contributed by atoms with Gasteiger partial charge in [-0.1, -0.05) is 37.0 Å². The van der Waals surface area contributed by atoms with E-state index < -0.39 is 28.6 Å². The van der Waals surface area contributed by atoms with E-state index in [9.17, 15) is 18.3 Å². The predicted octanol–water partition coefficient (Wildman–Crippen LogP) is 1.15. The summed E-state index contributed by atoms with van der Waals surface area (Å²) >= 11 is 11.8. The lowest BCUT2D eigenvalue weighted by Gasteiger charge is -2.37. The number of aliphatic hydroxyl groups is 1. The average Bonchev–Trinajstić information content (AvgIpc) is 2.65. The van der Waals surface area contributed by atoms with Crippen LogP contribution in [0.5, 0.6) is 0 Å². The summed E-state index contributed by atoms with van der Waals surface area (Å²) in [7, 11) is -4.12. The largest absolute Gasteiger partial charge is 0.394 e. The molecule has 170 valence electrons. The Morgan fingerprint density at radius 1 is 1.23 bits per heavy atom. The minimum atomic E-state index is -4.12. The molecule has 1 fully saturated rings. The molecule has 11 heteroatoms. The van der Waals surface area contributed by atoms with Crippen molar-refractivity contribution in [3.8, 4) is 0 Å². The van der Waals surface area contributed by atoms with E-state index in [0.717, 1.165) is 13.0 Å². The molecule has 0 aliphatic carbocycles. The van der Waals surface area contributed by atoms with Gasteiger partial charge >= 0.3 is 0 Å². The third-order valence-electron chi connectivity index (χ3n) is 4.91. The van der Waals surface area contributed by atoms with Crippen molar-refractivity contribution in [3.63, 3.8) is 0 Å². The van der Waals surface area contributed by atoms with Crippen molar-refractivity contribution in [2.24, 2.45) is 11.7 Å². The first-order valence-corrected chi connectivity index (χ1v) is 12.1. The van der Waals surface area contributed by atoms with Crippen LogP contribution >= 0.6 is 23.2 Å². The molecule has 30 heavy (non-hydrogen) atoms. The topological polar surface area (TPSA) is 116 Å². The summed E-state index contributed by atoms with van der Waals surface area (Å²) in [6.45, 7) is 6.51. The molecule has 0 saturated carbocycles. The number of hydrogen-bond acceptors (Lipinski definition) is 6. The molecule has 0 bridgehead atoms. The molecule has 8 nitrogen and oxygen atoms in total. The van der Waals surface area contributed by atoms with E-state index in [-0.39, 0.29) is 16.0 Å². The molecule has 0 unspecified atom stereocenters. The molecule has 4 N–H and O–H groups in total. The van der Waals surface area contributed by atoms with Gasteiger partial charge in [0.25, 0.3) is 0 Å². The van der Waals surface area contributed by atoms with Crippen LogP contribution in [0.4, 0.5) is 0 Å². The quantitative estimate of drug-likeness (QED) is 0.488. The van der Waals surface area contributed by atoms with Crippen LogP contribution in [0.2, 0.25) is 10.0 Å². The average molecular weight is 481 g/mol. The van der Waals surface area contributed by atoms with Crippen LogP contribution < -0.4 is 10.5 Å². The highest BCUT2D eigenvalue weighted by molar-refractivity contribution is 7.89. The van der Waals surface area contributed by atoms with Gasteiger partial charge in [-0.25, -0.2) is 8.42 Å². The van der Waals surface area contributed by atoms with E-state index in [2.05, 4.69) is 23.5 Å². The maximum Gasteiger partial charge on any atom is 0.243 e. The molecule has 1 heterocycles. The van der Waals surface area contributed by atoms with Gasteiger partial charge in [-0.05, 0) is 30.5 Å². The van der Waals surface area contributed by atoms with E-state index in [4.69, 9.17) is 28.9 Å². The highest BCUT2D eigenvalue weighted by Crippen LogP contribution is 2.25. The number of halogens is 2. The Bertz CT molecular complexity index is 830. The summed E-state index contributed by atoms with van der Waals surface area (Å²) in [6, 6.07) is 2.73. The van der Waals surface area contributed by atoms with Crippen LogP contribution in [0.1, 0.15) is 20.3 Å². The SMILES string of the molecule is CC(C)C[C@@H](N)CN1CCN(C(=O)[C@H](CO)NS(=O)(=O)c2ccc(Cl)cc2Cl)CC1. The van der Waals surface area contributed by atoms with Crippen molar-refractivity contribution in [2.45, 2.75) is 37.2 Å². The number of carbonyl (C=O) groups excluding carboxylic acids is 1. The van der Waals surface area contributed by atoms with Crippen LogP contribution in [0.15, 0.2) is 23.1 Å². The first-order chi connectivity index (χ1) is 14.0. The second kappa shape index (κ2) is 11.1. The second-order valence-electron chi connectivity index (χ2n) is 7.95. The number of sulfonamides is 1. The highest BCUT2D eigenvalue weighted by Gasteiger charge is 2.31. The lowest BCUT2D eigenvalue weighted by molar-refractivity contribution is -0.135. The van der Waals surface area contributed by atoms with E-state index >= 15 is 0 Å². The number of piperazine rings is 1. The highest BCUT2D eigenvalue weighted by atomic mass is 35.5. The van der Waals surface area contributed by atoms with Crippen molar-refractivity contribution >= 4 is 39.1 Å². The molecule has 0 aromatic heterocycles. The number of carbonyl (C=O) groups is 1. The standard InChI is InChI=1S/C19H30Cl2N4O4S/c1-13(2)9-15(22)11-24-5-7-25(8-6-24)19(27)17(12-26)23-30(28,29)18-4-3-14(20)10-16(18)21/h3-4,10,13,15,17,23,26H,5-9,11-12,22H2,1-2H3/t15-,17+/m1/s1. The van der Waals surface area contributed by atoms with E-state index in [1.807, 2.05) is 0 Å². The first kappa shape index (κ1) is 25.3. The Morgan fingerprint density at radius 3 is 2.40 bits per heavy atom. The van der Waals surface area contributed by atoms with Crippen LogP contribution in [-0.2, 0) is 14.8 Å². The fraction of sp³-hybridized carbons (Fsp3) is 0.632. The Hall–Kier alpha value is -0.940. The lowest BCUT2D eigenvalue weighted by atomic mass is 10.0. The number of nitrogens with zero attached hydrogens (tertiary/aromatic N) is 2. The summed E-state index contributed by atoms with van der Waals surface area (Å²) in [6.07, 6.45) is 0.931. The van der Waals surface area contributed by atoms with Crippen molar-refractivity contribution in [3.05, 3.63) is 28.2 Å². The van der Waals surface area contributed by atoms with Gasteiger partial charge in [-0.2, -0.15) is 4.72 Å². The fourth-order valence-corrected chi connectivity index (χ4v) is 5.45. The van der Waals surface area contributed by atoms with Gasteiger partial charge in [0.1, 0.15) is 10.9 Å². The number of hydrogen-bond donors (Lipinski definition) is 3. The third-order valence-corrected chi connectivity index (χ3v) is 7.10. The fourth-order valence-electron chi connectivity index (χ4n) is 3.49. The van der Waals surface area contributed by atoms with Gasteiger partial charge in [0.2, 0.25) is 15.9 Å². The molecule has 1 aromatic rings. The molecule has 0 spiro atoms. The number of nitrogens with two attached hydrogens (primary N) is 1. The van der Waals surface area contributed by atoms with Gasteiger partial charge < -0.3 is 15.7 Å². The van der Waals surface area contributed by atoms with Crippen LogP contribution in [-0.4, -0.2) is 80.6 Å². The summed E-state index contributed by atoms with van der Waals surface area (Å²) in [5.41, 5.74) is 6.16. The Kier molecular flexibility index (Phi) is 9.35. The molecule has 1 aliphatic rings. The van der Waals surface area contributed by atoms with Gasteiger partial charge in [0.15, 0.2) is 0 Å². The van der Waals surface area contributed by atoms with E-state index in [0.29, 0.717) is 37.1 Å². The van der Waals surface area contributed by atoms with Gasteiger partial charge in [-0.15, -0.1) is 0 Å². The second-order valence-corrected chi connectivity index (χ2v) is 10.5. The molecule has 1 saturated heterocycles. The minimum absolute atomic E-state index is 0.0644. The molecule has 1 amide bonds. The number of rotatable bonds is 9. The van der Waals surface area contributed by atoms with E-state index in [1.165, 1.54) is 18.2 Å². The molecule has 2 rings (SSSR count). The number of nitrogens with one attached hydrogen (secondary N) is 1. The summed E-state index contributed by atoms with van der Waals surface area (Å²) in [5, 5.41) is 9.88. The van der Waals surface area contributed by atoms with Crippen molar-refractivity contribution in [2.75, 3.05) is 39.3 Å². The van der Waals surface area contributed by atoms with Crippen LogP contribution in [0, 0.1) is 5.92 Å². The minimum Gasteiger partial charge on any atom is -0.394 e. The zero-order valence-electron chi connectivity index (χ0n) is 17.2. The normalized spacial score (nSPS) is 17.9. The van der Waals surface area contributed by atoms with Crippen LogP contribution in [0.3, 0.4) is 0 Å². The smallest absolute Gasteiger partial charge is 0.243 e. The molecular weight excluding hydrogens is 451 g/mol. The molecular formula is C19H30Cl2N4O4S. The third kappa shape index (κ3) is 7.05. The monoisotopic (exact) mass is 480 g/mol. The molecule has 2 atom stereocenters. The van der Waals surface area contributed by atoms with Gasteiger partial charge in [-0.3, -0.25) is 9.69 Å². The number of amides is 1. The van der Waals surface area contributed by atoms with Crippen LogP contribution in [0.25, 0.3) is 0 Å². The maximum absolute atomic E-state index is 12.8. The summed E-state index contributed by atoms with van der Waals surface area (Å²) in [4.78, 5) is 16.3.